The third-order valence-corrected chi connectivity index (χ3v) is 4.11. The van der Waals surface area contributed by atoms with E-state index < -0.39 is 5.82 Å². The zero-order valence-electron chi connectivity index (χ0n) is 13.0. The molecule has 1 atom stereocenters. The van der Waals surface area contributed by atoms with Crippen molar-refractivity contribution in [1.82, 2.24) is 5.32 Å². The Hall–Kier alpha value is -1.91. The van der Waals surface area contributed by atoms with Crippen LogP contribution in [-0.4, -0.2) is 11.7 Å². The lowest BCUT2D eigenvalue weighted by molar-refractivity contribution is -0.121. The normalized spacial score (nSPS) is 11.8. The molecule has 0 radical (unpaired) electrons. The van der Waals surface area contributed by atoms with Gasteiger partial charge >= 0.3 is 0 Å². The van der Waals surface area contributed by atoms with Crippen LogP contribution >= 0.6 is 23.2 Å². The van der Waals surface area contributed by atoms with Crippen molar-refractivity contribution in [2.45, 2.75) is 25.8 Å². The van der Waals surface area contributed by atoms with E-state index in [1.54, 1.807) is 25.1 Å². The predicted octanol–water partition coefficient (Wildman–Crippen LogP) is 4.97. The summed E-state index contributed by atoms with van der Waals surface area (Å²) in [5, 5.41) is 3.78. The van der Waals surface area contributed by atoms with Gasteiger partial charge in [0.05, 0.1) is 6.04 Å². The molecule has 24 heavy (non-hydrogen) atoms. The highest BCUT2D eigenvalue weighted by Gasteiger charge is 2.14. The summed E-state index contributed by atoms with van der Waals surface area (Å²) in [4.78, 5) is 24.0. The van der Waals surface area contributed by atoms with Gasteiger partial charge in [-0.2, -0.15) is 0 Å². The van der Waals surface area contributed by atoms with Crippen LogP contribution in [0.3, 0.4) is 0 Å². The maximum absolute atomic E-state index is 12.8. The minimum Gasteiger partial charge on any atom is -0.350 e. The number of carbonyl (C=O) groups excluding carboxylic acids is 2. The molecule has 1 N–H and O–H groups in total. The number of benzene rings is 2. The van der Waals surface area contributed by atoms with Gasteiger partial charge in [-0.05, 0) is 48.9 Å². The summed E-state index contributed by atoms with van der Waals surface area (Å²) < 4.78 is 12.8. The highest BCUT2D eigenvalue weighted by atomic mass is 35.5. The van der Waals surface area contributed by atoms with Crippen molar-refractivity contribution in [3.8, 4) is 0 Å². The number of amides is 1. The topological polar surface area (TPSA) is 46.2 Å². The van der Waals surface area contributed by atoms with Gasteiger partial charge in [-0.1, -0.05) is 29.3 Å². The molecule has 0 heterocycles. The lowest BCUT2D eigenvalue weighted by Gasteiger charge is -2.16. The average molecular weight is 368 g/mol. The number of ketones is 1. The molecule has 0 saturated heterocycles. The van der Waals surface area contributed by atoms with E-state index in [1.807, 2.05) is 0 Å². The third kappa shape index (κ3) is 5.05. The number of carbonyl (C=O) groups is 2. The molecule has 0 aliphatic carbocycles. The molecule has 0 spiro atoms. The Morgan fingerprint density at radius 3 is 2.38 bits per heavy atom. The van der Waals surface area contributed by atoms with Crippen molar-refractivity contribution >= 4 is 34.9 Å². The Balaban J connectivity index is 1.88. The van der Waals surface area contributed by atoms with Crippen LogP contribution in [0.4, 0.5) is 4.39 Å². The summed E-state index contributed by atoms with van der Waals surface area (Å²) >= 11 is 12.0. The summed E-state index contributed by atoms with van der Waals surface area (Å²) in [7, 11) is 0. The van der Waals surface area contributed by atoms with Crippen LogP contribution in [0.25, 0.3) is 0 Å². The van der Waals surface area contributed by atoms with E-state index in [0.29, 0.717) is 15.6 Å². The number of hydrogen-bond acceptors (Lipinski definition) is 2. The van der Waals surface area contributed by atoms with E-state index in [0.717, 1.165) is 5.56 Å². The molecular weight excluding hydrogens is 352 g/mol. The second-order valence-corrected chi connectivity index (χ2v) is 6.23. The van der Waals surface area contributed by atoms with E-state index in [4.69, 9.17) is 23.2 Å². The number of Topliss-reactive ketones (excluding diaryl/α,β-unsaturated/α-hetero) is 1. The molecule has 2 rings (SSSR count). The van der Waals surface area contributed by atoms with E-state index in [9.17, 15) is 14.0 Å². The quantitative estimate of drug-likeness (QED) is 0.732. The predicted molar refractivity (Wildman–Crippen MR) is 93.0 cm³/mol. The monoisotopic (exact) mass is 367 g/mol. The van der Waals surface area contributed by atoms with Crippen molar-refractivity contribution in [3.05, 3.63) is 69.5 Å². The molecule has 0 unspecified atom stereocenters. The molecule has 3 nitrogen and oxygen atoms in total. The molecule has 0 aliphatic rings. The fourth-order valence-corrected chi connectivity index (χ4v) is 2.82. The number of halogens is 3. The van der Waals surface area contributed by atoms with Gasteiger partial charge in [0.1, 0.15) is 5.82 Å². The van der Waals surface area contributed by atoms with Gasteiger partial charge in [0.25, 0.3) is 0 Å². The van der Waals surface area contributed by atoms with Gasteiger partial charge in [0.2, 0.25) is 5.91 Å². The summed E-state index contributed by atoms with van der Waals surface area (Å²) in [6.07, 6.45) is 0.101. The second kappa shape index (κ2) is 8.27. The Bertz CT molecular complexity index is 747. The number of hydrogen-bond donors (Lipinski definition) is 1. The van der Waals surface area contributed by atoms with Crippen LogP contribution in [-0.2, 0) is 4.79 Å². The van der Waals surface area contributed by atoms with Crippen LogP contribution in [0.5, 0.6) is 0 Å². The molecule has 0 aromatic heterocycles. The molecule has 2 aromatic carbocycles. The van der Waals surface area contributed by atoms with Crippen LogP contribution in [0.2, 0.25) is 10.0 Å². The number of rotatable bonds is 6. The van der Waals surface area contributed by atoms with E-state index in [2.05, 4.69) is 5.32 Å². The maximum atomic E-state index is 12.8. The molecule has 0 bridgehead atoms. The summed E-state index contributed by atoms with van der Waals surface area (Å²) in [6.45, 7) is 1.80. The van der Waals surface area contributed by atoms with Gasteiger partial charge in [-0.15, -0.1) is 0 Å². The maximum Gasteiger partial charge on any atom is 0.220 e. The molecule has 6 heteroatoms. The van der Waals surface area contributed by atoms with Gasteiger partial charge in [0, 0.05) is 28.5 Å². The molecule has 1 amide bonds. The Morgan fingerprint density at radius 2 is 1.75 bits per heavy atom. The Morgan fingerprint density at radius 1 is 1.08 bits per heavy atom. The average Bonchev–Trinajstić information content (AvgIpc) is 2.53. The Kier molecular flexibility index (Phi) is 6.35. The lowest BCUT2D eigenvalue weighted by Crippen LogP contribution is -2.27. The standard InChI is InChI=1S/C18H16Cl2FNO2/c1-11(15-7-4-13(19)10-16(15)20)22-18(24)9-8-17(23)12-2-5-14(21)6-3-12/h2-7,10-11H,8-9H2,1H3,(H,22,24)/t11-/m1/s1. The van der Waals surface area contributed by atoms with Crippen molar-refractivity contribution in [1.29, 1.82) is 0 Å². The highest BCUT2D eigenvalue weighted by molar-refractivity contribution is 6.35. The summed E-state index contributed by atoms with van der Waals surface area (Å²) in [5.74, 6) is -0.871. The van der Waals surface area contributed by atoms with Crippen molar-refractivity contribution in [2.75, 3.05) is 0 Å². The van der Waals surface area contributed by atoms with Crippen LogP contribution in [0.1, 0.15) is 41.7 Å². The van der Waals surface area contributed by atoms with Gasteiger partial charge in [-0.3, -0.25) is 9.59 Å². The third-order valence-electron chi connectivity index (χ3n) is 3.55. The summed E-state index contributed by atoms with van der Waals surface area (Å²) in [6, 6.07) is 10.0. The first-order valence-electron chi connectivity index (χ1n) is 7.40. The first kappa shape index (κ1) is 18.4. The van der Waals surface area contributed by atoms with E-state index >= 15 is 0 Å². The van der Waals surface area contributed by atoms with Crippen LogP contribution in [0.15, 0.2) is 42.5 Å². The number of nitrogens with one attached hydrogen (secondary N) is 1. The zero-order valence-corrected chi connectivity index (χ0v) is 14.5. The minimum absolute atomic E-state index is 0.0474. The zero-order chi connectivity index (χ0) is 17.7. The molecule has 0 fully saturated rings. The highest BCUT2D eigenvalue weighted by Crippen LogP contribution is 2.26. The van der Waals surface area contributed by atoms with Crippen LogP contribution < -0.4 is 5.32 Å². The Labute approximate surface area is 149 Å². The van der Waals surface area contributed by atoms with Crippen molar-refractivity contribution in [3.63, 3.8) is 0 Å². The van der Waals surface area contributed by atoms with Gasteiger partial charge in [-0.25, -0.2) is 4.39 Å². The van der Waals surface area contributed by atoms with Gasteiger partial charge in [0.15, 0.2) is 5.78 Å². The molecule has 0 aliphatic heterocycles. The van der Waals surface area contributed by atoms with E-state index in [-0.39, 0.29) is 30.6 Å². The largest absolute Gasteiger partial charge is 0.350 e. The first-order valence-corrected chi connectivity index (χ1v) is 8.15. The molecule has 2 aromatic rings. The summed E-state index contributed by atoms with van der Waals surface area (Å²) in [5.41, 5.74) is 1.14. The van der Waals surface area contributed by atoms with Crippen LogP contribution in [0, 0.1) is 5.82 Å². The fraction of sp³-hybridized carbons (Fsp3) is 0.222. The van der Waals surface area contributed by atoms with Crippen molar-refractivity contribution in [2.24, 2.45) is 0 Å². The smallest absolute Gasteiger partial charge is 0.220 e. The molecular formula is C18H16Cl2FNO2. The lowest BCUT2D eigenvalue weighted by atomic mass is 10.1. The molecule has 126 valence electrons. The first-order chi connectivity index (χ1) is 11.4. The minimum atomic E-state index is -0.405. The molecule has 0 saturated carbocycles. The fourth-order valence-electron chi connectivity index (χ4n) is 2.25. The van der Waals surface area contributed by atoms with Gasteiger partial charge < -0.3 is 5.32 Å². The van der Waals surface area contributed by atoms with E-state index in [1.165, 1.54) is 24.3 Å². The second-order valence-electron chi connectivity index (χ2n) is 5.39. The SMILES string of the molecule is C[C@@H](NC(=O)CCC(=O)c1ccc(F)cc1)c1ccc(Cl)cc1Cl. The van der Waals surface area contributed by atoms with Crippen molar-refractivity contribution < 1.29 is 14.0 Å².